The highest BCUT2D eigenvalue weighted by Gasteiger charge is 2.24. The number of Topliss-reactive ketones (excluding diaryl/α,β-unsaturated/α-hetero) is 1. The van der Waals surface area contributed by atoms with Crippen LogP contribution in [0.5, 0.6) is 0 Å². The number of benzene rings is 1. The van der Waals surface area contributed by atoms with Gasteiger partial charge in [0.25, 0.3) is 0 Å². The van der Waals surface area contributed by atoms with Gasteiger partial charge in [-0.3, -0.25) is 14.4 Å². The molecule has 1 atom stereocenters. The van der Waals surface area contributed by atoms with E-state index in [4.69, 9.17) is 6.48 Å². The molecule has 0 aliphatic carbocycles. The first kappa shape index (κ1) is 14.7. The van der Waals surface area contributed by atoms with Gasteiger partial charge in [0.2, 0.25) is 11.8 Å². The molecule has 0 fully saturated rings. The quantitative estimate of drug-likeness (QED) is 0.672. The summed E-state index contributed by atoms with van der Waals surface area (Å²) in [4.78, 5) is 45.6. The molecule has 0 saturated heterocycles. The molecule has 1 aromatic rings. The van der Waals surface area contributed by atoms with Crippen LogP contribution in [-0.4, -0.2) is 34.7 Å². The zero-order valence-corrected chi connectivity index (χ0v) is 11.6. The van der Waals surface area contributed by atoms with Crippen molar-refractivity contribution in [1.82, 2.24) is 5.32 Å². The minimum atomic E-state index is -2.47. The maximum absolute atomic E-state index is 12.3. The molecule has 112 valence electrons. The Kier molecular flexibility index (Phi) is 5.03. The molecule has 2 amide bonds. The van der Waals surface area contributed by atoms with Crippen LogP contribution in [0.15, 0.2) is 24.3 Å². The summed E-state index contributed by atoms with van der Waals surface area (Å²) in [7, 11) is 0. The van der Waals surface area contributed by atoms with Crippen molar-refractivity contribution in [2.45, 2.75) is 26.3 Å². The number of carboxylic acids is 1. The Balaban J connectivity index is 3.08. The average molecular weight is 293 g/mol. The summed E-state index contributed by atoms with van der Waals surface area (Å²) in [6.07, 6.45) is -0.765. The van der Waals surface area contributed by atoms with Crippen molar-refractivity contribution < 1.29 is 25.7 Å². The van der Waals surface area contributed by atoms with Crippen LogP contribution in [0, 0.1) is 0 Å². The Bertz CT molecular complexity index is 631. The second kappa shape index (κ2) is 7.18. The first-order valence-corrected chi connectivity index (χ1v) is 6.07. The number of carbonyl (C=O) groups is 4. The summed E-state index contributed by atoms with van der Waals surface area (Å²) in [5, 5.41) is 13.5. The van der Waals surface area contributed by atoms with E-state index in [1.807, 2.05) is 5.32 Å². The lowest BCUT2D eigenvalue weighted by Gasteiger charge is -2.14. The number of nitrogens with one attached hydrogen (secondary N) is 2. The van der Waals surface area contributed by atoms with Crippen LogP contribution in [0.2, 0.25) is 0 Å². The molecule has 0 aliphatic heterocycles. The standard InChI is InChI=1S/C14H16N2O5/c1-8(17)15-11-6-4-3-5-10(11)13(19)7-12(14(20)21)16-9(2)18/h3-6,12H,7H2,1-2H3,(H,15,17)(H,16,18)(H,20,21)/i12D. The molecule has 0 spiro atoms. The topological polar surface area (TPSA) is 113 Å². The van der Waals surface area contributed by atoms with Crippen LogP contribution in [0.3, 0.4) is 0 Å². The van der Waals surface area contributed by atoms with Crippen molar-refractivity contribution in [2.24, 2.45) is 0 Å². The van der Waals surface area contributed by atoms with Crippen molar-refractivity contribution in [3.63, 3.8) is 0 Å². The van der Waals surface area contributed by atoms with E-state index in [2.05, 4.69) is 5.32 Å². The van der Waals surface area contributed by atoms with Gasteiger partial charge < -0.3 is 15.7 Å². The summed E-state index contributed by atoms with van der Waals surface area (Å²) in [5.74, 6) is -3.46. The van der Waals surface area contributed by atoms with Gasteiger partial charge in [-0.05, 0) is 12.1 Å². The second-order valence-electron chi connectivity index (χ2n) is 4.29. The fourth-order valence-electron chi connectivity index (χ4n) is 1.67. The Morgan fingerprint density at radius 1 is 1.19 bits per heavy atom. The molecule has 1 aromatic carbocycles. The van der Waals surface area contributed by atoms with E-state index in [0.717, 1.165) is 6.92 Å². The average Bonchev–Trinajstić information content (AvgIpc) is 2.37. The SMILES string of the molecule is [2H]C(CC(=O)c1ccccc1NC(C)=O)(NC(C)=O)C(=O)O. The molecule has 0 saturated carbocycles. The summed E-state index contributed by atoms with van der Waals surface area (Å²) >= 11 is 0. The van der Waals surface area contributed by atoms with Crippen molar-refractivity contribution in [1.29, 1.82) is 0 Å². The number of aliphatic carboxylic acids is 1. The van der Waals surface area contributed by atoms with Crippen LogP contribution in [0.4, 0.5) is 5.69 Å². The van der Waals surface area contributed by atoms with Gasteiger partial charge in [-0.2, -0.15) is 0 Å². The lowest BCUT2D eigenvalue weighted by Crippen LogP contribution is -2.41. The Morgan fingerprint density at radius 3 is 2.33 bits per heavy atom. The van der Waals surface area contributed by atoms with E-state index in [1.165, 1.54) is 19.1 Å². The van der Waals surface area contributed by atoms with E-state index in [-0.39, 0.29) is 11.3 Å². The van der Waals surface area contributed by atoms with Crippen molar-refractivity contribution in [3.8, 4) is 0 Å². The van der Waals surface area contributed by atoms with Crippen LogP contribution in [0.1, 0.15) is 32.0 Å². The van der Waals surface area contributed by atoms with Crippen LogP contribution < -0.4 is 10.6 Å². The summed E-state index contributed by atoms with van der Waals surface area (Å²) in [6.45, 7) is 2.33. The van der Waals surface area contributed by atoms with Gasteiger partial charge in [-0.1, -0.05) is 12.1 Å². The van der Waals surface area contributed by atoms with Crippen LogP contribution in [-0.2, 0) is 14.4 Å². The third-order valence-corrected chi connectivity index (χ3v) is 2.46. The number of hydrogen-bond donors (Lipinski definition) is 3. The molecule has 21 heavy (non-hydrogen) atoms. The minimum Gasteiger partial charge on any atom is -0.480 e. The van der Waals surface area contributed by atoms with Gasteiger partial charge in [0.15, 0.2) is 5.78 Å². The third kappa shape index (κ3) is 5.06. The number of carboxylic acid groups (broad SMARTS) is 1. The maximum atomic E-state index is 12.3. The molecular weight excluding hydrogens is 276 g/mol. The van der Waals surface area contributed by atoms with Crippen molar-refractivity contribution in [3.05, 3.63) is 29.8 Å². The van der Waals surface area contributed by atoms with E-state index in [1.54, 1.807) is 12.1 Å². The molecule has 1 rings (SSSR count). The van der Waals surface area contributed by atoms with Crippen LogP contribution in [0.25, 0.3) is 0 Å². The number of para-hydroxylation sites is 1. The number of anilines is 1. The molecule has 0 radical (unpaired) electrons. The Hall–Kier alpha value is -2.70. The molecule has 1 unspecified atom stereocenters. The van der Waals surface area contributed by atoms with Crippen molar-refractivity contribution in [2.75, 3.05) is 5.32 Å². The van der Waals surface area contributed by atoms with E-state index in [9.17, 15) is 19.2 Å². The monoisotopic (exact) mass is 293 g/mol. The lowest BCUT2D eigenvalue weighted by atomic mass is 10.0. The van der Waals surface area contributed by atoms with E-state index < -0.39 is 36.0 Å². The van der Waals surface area contributed by atoms with Gasteiger partial charge in [-0.15, -0.1) is 0 Å². The first-order valence-electron chi connectivity index (χ1n) is 6.57. The van der Waals surface area contributed by atoms with E-state index in [0.29, 0.717) is 0 Å². The maximum Gasteiger partial charge on any atom is 0.326 e. The molecule has 0 bridgehead atoms. The van der Waals surface area contributed by atoms with Gasteiger partial charge in [0.1, 0.15) is 6.02 Å². The lowest BCUT2D eigenvalue weighted by molar-refractivity contribution is -0.141. The predicted molar refractivity (Wildman–Crippen MR) is 74.9 cm³/mol. The number of carbonyl (C=O) groups excluding carboxylic acids is 3. The van der Waals surface area contributed by atoms with Gasteiger partial charge in [-0.25, -0.2) is 4.79 Å². The normalized spacial score (nSPS) is 13.5. The molecule has 0 aliphatic rings. The third-order valence-electron chi connectivity index (χ3n) is 2.46. The second-order valence-corrected chi connectivity index (χ2v) is 4.29. The zero-order valence-electron chi connectivity index (χ0n) is 12.6. The highest BCUT2D eigenvalue weighted by Crippen LogP contribution is 2.17. The van der Waals surface area contributed by atoms with E-state index >= 15 is 0 Å². The smallest absolute Gasteiger partial charge is 0.326 e. The number of rotatable bonds is 6. The zero-order chi connectivity index (χ0) is 16.9. The summed E-state index contributed by atoms with van der Waals surface area (Å²) < 4.78 is 7.76. The molecule has 0 aromatic heterocycles. The molecular formula is C14H16N2O5. The summed E-state index contributed by atoms with van der Waals surface area (Å²) in [5.41, 5.74) is 0.288. The predicted octanol–water partition coefficient (Wildman–Crippen LogP) is 0.807. The molecule has 7 heteroatoms. The highest BCUT2D eigenvalue weighted by molar-refractivity contribution is 6.06. The van der Waals surface area contributed by atoms with Gasteiger partial charge in [0.05, 0.1) is 7.06 Å². The Morgan fingerprint density at radius 2 is 1.81 bits per heavy atom. The Labute approximate surface area is 122 Å². The number of hydrogen-bond acceptors (Lipinski definition) is 4. The van der Waals surface area contributed by atoms with Crippen LogP contribution >= 0.6 is 0 Å². The minimum absolute atomic E-state index is 0.0703. The first-order chi connectivity index (χ1) is 10.2. The van der Waals surface area contributed by atoms with Gasteiger partial charge in [0, 0.05) is 25.8 Å². The molecule has 7 nitrogen and oxygen atoms in total. The molecule has 0 heterocycles. The number of ketones is 1. The van der Waals surface area contributed by atoms with Crippen molar-refractivity contribution >= 4 is 29.3 Å². The number of amides is 2. The molecule has 3 N–H and O–H groups in total. The highest BCUT2D eigenvalue weighted by atomic mass is 16.4. The fraction of sp³-hybridized carbons (Fsp3) is 0.286. The summed E-state index contributed by atoms with van der Waals surface area (Å²) in [6, 6.07) is 3.57. The fourth-order valence-corrected chi connectivity index (χ4v) is 1.67. The largest absolute Gasteiger partial charge is 0.480 e. The van der Waals surface area contributed by atoms with Gasteiger partial charge >= 0.3 is 5.97 Å².